The van der Waals surface area contributed by atoms with Crippen LogP contribution in [-0.4, -0.2) is 0 Å². The quantitative estimate of drug-likeness (QED) is 0.182. The Kier molecular flexibility index (Phi) is 9.08. The molecule has 6 heteroatoms. The standard InChI is InChI=1S/C26H21O4P.K/c27-31(28,29-24-19-11-4-12-20-24)30-26(23-17-9-3-10-18-23)25(21-13-5-1-6-14-21)22-15-7-2-8-16-22;/h1-20H,(H,27,28);/q;+1/p-1. The van der Waals surface area contributed by atoms with E-state index in [9.17, 15) is 9.46 Å². The first-order valence-electron chi connectivity index (χ1n) is 9.78. The van der Waals surface area contributed by atoms with Crippen molar-refractivity contribution in [1.29, 1.82) is 0 Å². The molecule has 4 rings (SSSR count). The largest absolute Gasteiger partial charge is 1.00 e. The van der Waals surface area contributed by atoms with Crippen LogP contribution in [0.2, 0.25) is 0 Å². The minimum Gasteiger partial charge on any atom is -0.736 e. The summed E-state index contributed by atoms with van der Waals surface area (Å²) in [6, 6.07) is 36.6. The molecule has 0 fully saturated rings. The van der Waals surface area contributed by atoms with Crippen molar-refractivity contribution in [1.82, 2.24) is 0 Å². The summed E-state index contributed by atoms with van der Waals surface area (Å²) >= 11 is 0. The summed E-state index contributed by atoms with van der Waals surface area (Å²) < 4.78 is 23.8. The summed E-state index contributed by atoms with van der Waals surface area (Å²) in [6.07, 6.45) is 0. The van der Waals surface area contributed by atoms with Crippen LogP contribution in [0.25, 0.3) is 11.3 Å². The zero-order chi connectivity index (χ0) is 21.5. The first kappa shape index (κ1) is 24.7. The first-order chi connectivity index (χ1) is 15.1. The molecule has 1 unspecified atom stereocenters. The van der Waals surface area contributed by atoms with Gasteiger partial charge in [0.25, 0.3) is 0 Å². The number of phosphoric acid groups is 1. The molecule has 0 saturated carbocycles. The van der Waals surface area contributed by atoms with Crippen molar-refractivity contribution in [2.75, 3.05) is 0 Å². The Morgan fingerprint density at radius 1 is 0.594 bits per heavy atom. The molecule has 0 spiro atoms. The van der Waals surface area contributed by atoms with E-state index in [0.29, 0.717) is 11.1 Å². The zero-order valence-electron chi connectivity index (χ0n) is 17.6. The molecule has 4 aromatic rings. The molecule has 32 heavy (non-hydrogen) atoms. The molecular formula is C26H20KO4P. The van der Waals surface area contributed by atoms with E-state index in [1.165, 1.54) is 0 Å². The van der Waals surface area contributed by atoms with Gasteiger partial charge in [0.15, 0.2) is 0 Å². The van der Waals surface area contributed by atoms with E-state index >= 15 is 0 Å². The Morgan fingerprint density at radius 3 is 1.41 bits per heavy atom. The maximum atomic E-state index is 12.9. The molecule has 4 aromatic carbocycles. The number of rotatable bonds is 7. The molecule has 154 valence electrons. The van der Waals surface area contributed by atoms with Gasteiger partial charge in [0.1, 0.15) is 11.5 Å². The number of para-hydroxylation sites is 1. The van der Waals surface area contributed by atoms with Crippen LogP contribution in [-0.2, 0) is 9.09 Å². The number of hydrogen-bond acceptors (Lipinski definition) is 4. The molecule has 0 saturated heterocycles. The normalized spacial score (nSPS) is 12.0. The molecule has 0 N–H and O–H groups in total. The summed E-state index contributed by atoms with van der Waals surface area (Å²) in [4.78, 5) is 12.9. The van der Waals surface area contributed by atoms with Crippen molar-refractivity contribution in [3.8, 4) is 5.75 Å². The smallest absolute Gasteiger partial charge is 0.736 e. The van der Waals surface area contributed by atoms with Gasteiger partial charge in [0.05, 0.1) is 0 Å². The van der Waals surface area contributed by atoms with Gasteiger partial charge in [-0.15, -0.1) is 0 Å². The van der Waals surface area contributed by atoms with Gasteiger partial charge in [-0.05, 0) is 23.3 Å². The van der Waals surface area contributed by atoms with E-state index in [1.54, 1.807) is 30.3 Å². The Balaban J connectivity index is 0.00000289. The van der Waals surface area contributed by atoms with E-state index in [1.807, 2.05) is 91.0 Å². The average molecular weight is 467 g/mol. The predicted octanol–water partition coefficient (Wildman–Crippen LogP) is 3.17. The molecule has 0 aliphatic carbocycles. The number of benzene rings is 4. The predicted molar refractivity (Wildman–Crippen MR) is 121 cm³/mol. The summed E-state index contributed by atoms with van der Waals surface area (Å²) in [5.74, 6) is 0.390. The maximum Gasteiger partial charge on any atom is 1.00 e. The van der Waals surface area contributed by atoms with Gasteiger partial charge in [0, 0.05) is 11.1 Å². The molecule has 1 atom stereocenters. The Hall–Kier alpha value is -1.95. The van der Waals surface area contributed by atoms with E-state index in [2.05, 4.69) is 0 Å². The molecule has 0 aliphatic rings. The Bertz CT molecular complexity index is 1160. The van der Waals surface area contributed by atoms with E-state index in [-0.39, 0.29) is 62.9 Å². The van der Waals surface area contributed by atoms with Crippen molar-refractivity contribution >= 4 is 19.2 Å². The van der Waals surface area contributed by atoms with Crippen LogP contribution < -0.4 is 60.8 Å². The van der Waals surface area contributed by atoms with Crippen LogP contribution in [0.5, 0.6) is 5.75 Å². The number of phosphoric ester groups is 1. The fourth-order valence-corrected chi connectivity index (χ4v) is 4.05. The van der Waals surface area contributed by atoms with Crippen molar-refractivity contribution in [2.24, 2.45) is 0 Å². The van der Waals surface area contributed by atoms with Crippen molar-refractivity contribution in [2.45, 2.75) is 0 Å². The van der Waals surface area contributed by atoms with Gasteiger partial charge in [0.2, 0.25) is 0 Å². The van der Waals surface area contributed by atoms with Gasteiger partial charge in [-0.2, -0.15) is 0 Å². The third kappa shape index (κ3) is 6.53. The molecule has 0 bridgehead atoms. The van der Waals surface area contributed by atoms with E-state index < -0.39 is 7.82 Å². The summed E-state index contributed by atoms with van der Waals surface area (Å²) in [5, 5.41) is 0. The van der Waals surface area contributed by atoms with Gasteiger partial charge in [-0.3, -0.25) is 0 Å². The summed E-state index contributed by atoms with van der Waals surface area (Å²) in [7, 11) is -4.74. The molecular weight excluding hydrogens is 446 g/mol. The SMILES string of the molecule is O=P([O-])(OC(=C(c1ccccc1)c1ccccc1)c1ccccc1)Oc1ccccc1.[K+]. The molecule has 0 heterocycles. The van der Waals surface area contributed by atoms with Crippen molar-refractivity contribution < 1.29 is 69.9 Å². The van der Waals surface area contributed by atoms with E-state index in [0.717, 1.165) is 11.1 Å². The van der Waals surface area contributed by atoms with Crippen LogP contribution in [0, 0.1) is 0 Å². The van der Waals surface area contributed by atoms with Gasteiger partial charge >= 0.3 is 59.2 Å². The fourth-order valence-electron chi connectivity index (χ4n) is 3.21. The third-order valence-electron chi connectivity index (χ3n) is 4.55. The van der Waals surface area contributed by atoms with Crippen LogP contribution in [0.4, 0.5) is 0 Å². The van der Waals surface area contributed by atoms with Crippen LogP contribution in [0.3, 0.4) is 0 Å². The second-order valence-corrected chi connectivity index (χ2v) is 8.00. The second-order valence-electron chi connectivity index (χ2n) is 6.75. The van der Waals surface area contributed by atoms with Gasteiger partial charge in [-0.1, -0.05) is 109 Å². The van der Waals surface area contributed by atoms with Gasteiger partial charge in [-0.25, -0.2) is 4.57 Å². The summed E-state index contributed by atoms with van der Waals surface area (Å²) in [5.41, 5.74) is 2.93. The molecule has 0 aliphatic heterocycles. The molecule has 4 nitrogen and oxygen atoms in total. The fraction of sp³-hybridized carbons (Fsp3) is 0. The number of hydrogen-bond donors (Lipinski definition) is 0. The third-order valence-corrected chi connectivity index (χ3v) is 5.39. The topological polar surface area (TPSA) is 58.6 Å². The maximum absolute atomic E-state index is 12.9. The minimum atomic E-state index is -4.74. The van der Waals surface area contributed by atoms with Gasteiger partial charge < -0.3 is 13.9 Å². The first-order valence-corrected chi connectivity index (χ1v) is 11.2. The van der Waals surface area contributed by atoms with E-state index in [4.69, 9.17) is 9.05 Å². The molecule has 0 radical (unpaired) electrons. The Labute approximate surface area is 230 Å². The molecule has 0 aromatic heterocycles. The van der Waals surface area contributed by atoms with Crippen LogP contribution >= 0.6 is 7.82 Å². The Morgan fingerprint density at radius 2 is 0.969 bits per heavy atom. The minimum absolute atomic E-state index is 0. The van der Waals surface area contributed by atoms with Crippen LogP contribution in [0.1, 0.15) is 16.7 Å². The molecule has 0 amide bonds. The second kappa shape index (κ2) is 11.8. The monoisotopic (exact) mass is 466 g/mol. The summed E-state index contributed by atoms with van der Waals surface area (Å²) in [6.45, 7) is 0. The van der Waals surface area contributed by atoms with Crippen molar-refractivity contribution in [3.63, 3.8) is 0 Å². The average Bonchev–Trinajstić information content (AvgIpc) is 2.81. The zero-order valence-corrected chi connectivity index (χ0v) is 21.6. The van der Waals surface area contributed by atoms with Crippen LogP contribution in [0.15, 0.2) is 121 Å². The van der Waals surface area contributed by atoms with Crippen molar-refractivity contribution in [3.05, 3.63) is 138 Å².